The number of piperidine rings is 1. The fourth-order valence-corrected chi connectivity index (χ4v) is 6.21. The molecule has 2 saturated heterocycles. The standard InChI is InChI=1S/C30H39ClF3N5O3/c1-20(2)16-24-18-38(23-11-14-37(15-12-23)26-6-4-5-13-36-26)25(17-21-7-9-22(31)10-8-21)19-39(24)28(27(40)35-3)42-29(41)30(32,33)34/h4-10,13,20,23-25,28H,11-12,14-19H2,1-3H3,(H,35,40)/t24-,25-,28?/m0/s1. The zero-order valence-electron chi connectivity index (χ0n) is 24.2. The van der Waals surface area contributed by atoms with Crippen LogP contribution in [0.25, 0.3) is 0 Å². The number of hydrogen-bond acceptors (Lipinski definition) is 7. The van der Waals surface area contributed by atoms with Gasteiger partial charge in [-0.1, -0.05) is 43.6 Å². The van der Waals surface area contributed by atoms with Crippen LogP contribution in [0.3, 0.4) is 0 Å². The highest BCUT2D eigenvalue weighted by atomic mass is 35.5. The highest BCUT2D eigenvalue weighted by molar-refractivity contribution is 6.30. The zero-order valence-corrected chi connectivity index (χ0v) is 24.9. The Hall–Kier alpha value is -2.89. The molecule has 42 heavy (non-hydrogen) atoms. The number of amides is 1. The van der Waals surface area contributed by atoms with E-state index in [0.29, 0.717) is 24.4 Å². The minimum absolute atomic E-state index is 0.141. The van der Waals surface area contributed by atoms with Crippen LogP contribution in [-0.2, 0) is 20.7 Å². The van der Waals surface area contributed by atoms with Gasteiger partial charge in [0.25, 0.3) is 5.91 Å². The van der Waals surface area contributed by atoms with Gasteiger partial charge in [0.1, 0.15) is 5.82 Å². The maximum Gasteiger partial charge on any atom is 0.490 e. The quantitative estimate of drug-likeness (QED) is 0.419. The summed E-state index contributed by atoms with van der Waals surface area (Å²) < 4.78 is 44.6. The van der Waals surface area contributed by atoms with Crippen LogP contribution in [-0.4, -0.2) is 90.4 Å². The monoisotopic (exact) mass is 609 g/mol. The van der Waals surface area contributed by atoms with E-state index in [-0.39, 0.29) is 30.6 Å². The second kappa shape index (κ2) is 14.1. The average Bonchev–Trinajstić information content (AvgIpc) is 2.97. The van der Waals surface area contributed by atoms with E-state index in [0.717, 1.165) is 37.3 Å². The summed E-state index contributed by atoms with van der Waals surface area (Å²) in [6.07, 6.45) is -2.13. The summed E-state index contributed by atoms with van der Waals surface area (Å²) in [5.74, 6) is -2.03. The fourth-order valence-electron chi connectivity index (χ4n) is 6.09. The van der Waals surface area contributed by atoms with Gasteiger partial charge in [-0.15, -0.1) is 0 Å². The lowest BCUT2D eigenvalue weighted by Crippen LogP contribution is -2.67. The molecule has 0 aliphatic carbocycles. The van der Waals surface area contributed by atoms with Gasteiger partial charge in [-0.25, -0.2) is 9.78 Å². The Morgan fingerprint density at radius 1 is 1.07 bits per heavy atom. The molecular weight excluding hydrogens is 571 g/mol. The predicted molar refractivity (Wildman–Crippen MR) is 155 cm³/mol. The number of ether oxygens (including phenoxy) is 1. The topological polar surface area (TPSA) is 78.0 Å². The molecule has 230 valence electrons. The van der Waals surface area contributed by atoms with Crippen LogP contribution in [0.5, 0.6) is 0 Å². The van der Waals surface area contributed by atoms with Crippen molar-refractivity contribution in [2.75, 3.05) is 38.1 Å². The summed E-state index contributed by atoms with van der Waals surface area (Å²) in [6, 6.07) is 13.2. The number of rotatable bonds is 9. The number of pyridine rings is 1. The summed E-state index contributed by atoms with van der Waals surface area (Å²) in [4.78, 5) is 35.7. The van der Waals surface area contributed by atoms with E-state index in [9.17, 15) is 22.8 Å². The number of carbonyl (C=O) groups is 2. The smallest absolute Gasteiger partial charge is 0.430 e. The van der Waals surface area contributed by atoms with Crippen molar-refractivity contribution >= 4 is 29.3 Å². The van der Waals surface area contributed by atoms with E-state index >= 15 is 0 Å². The van der Waals surface area contributed by atoms with Crippen molar-refractivity contribution in [3.63, 3.8) is 0 Å². The number of esters is 1. The van der Waals surface area contributed by atoms with Crippen molar-refractivity contribution in [3.05, 3.63) is 59.2 Å². The summed E-state index contributed by atoms with van der Waals surface area (Å²) in [7, 11) is 1.32. The molecule has 1 amide bonds. The Morgan fingerprint density at radius 3 is 2.33 bits per heavy atom. The van der Waals surface area contributed by atoms with Crippen molar-refractivity contribution in [2.45, 2.75) is 70.1 Å². The molecule has 0 spiro atoms. The van der Waals surface area contributed by atoms with Crippen LogP contribution in [0.15, 0.2) is 48.7 Å². The minimum atomic E-state index is -5.22. The summed E-state index contributed by atoms with van der Waals surface area (Å²) in [6.45, 7) is 6.50. The third kappa shape index (κ3) is 8.14. The molecule has 2 fully saturated rings. The zero-order chi connectivity index (χ0) is 30.4. The first kappa shape index (κ1) is 32.0. The van der Waals surface area contributed by atoms with E-state index in [1.54, 1.807) is 11.1 Å². The molecule has 0 bridgehead atoms. The lowest BCUT2D eigenvalue weighted by Gasteiger charge is -2.52. The first-order valence-corrected chi connectivity index (χ1v) is 14.7. The highest BCUT2D eigenvalue weighted by Gasteiger charge is 2.48. The van der Waals surface area contributed by atoms with Crippen LogP contribution in [0.2, 0.25) is 5.02 Å². The first-order chi connectivity index (χ1) is 20.0. The van der Waals surface area contributed by atoms with Gasteiger partial charge in [0.15, 0.2) is 0 Å². The number of carbonyl (C=O) groups excluding carboxylic acids is 2. The van der Waals surface area contributed by atoms with Gasteiger partial charge in [0, 0.05) is 62.6 Å². The van der Waals surface area contributed by atoms with Crippen LogP contribution < -0.4 is 10.2 Å². The molecule has 1 N–H and O–H groups in total. The lowest BCUT2D eigenvalue weighted by atomic mass is 9.90. The van der Waals surface area contributed by atoms with E-state index in [4.69, 9.17) is 16.3 Å². The van der Waals surface area contributed by atoms with E-state index in [1.165, 1.54) is 7.05 Å². The van der Waals surface area contributed by atoms with Crippen molar-refractivity contribution in [2.24, 2.45) is 5.92 Å². The highest BCUT2D eigenvalue weighted by Crippen LogP contribution is 2.32. The number of benzene rings is 1. The van der Waals surface area contributed by atoms with Crippen molar-refractivity contribution in [1.29, 1.82) is 0 Å². The number of alkyl halides is 3. The molecule has 2 aliphatic rings. The second-order valence-electron chi connectivity index (χ2n) is 11.4. The van der Waals surface area contributed by atoms with Gasteiger partial charge in [-0.05, 0) is 61.4 Å². The van der Waals surface area contributed by atoms with Gasteiger partial charge < -0.3 is 15.0 Å². The van der Waals surface area contributed by atoms with Crippen LogP contribution in [0.4, 0.5) is 19.0 Å². The molecular formula is C30H39ClF3N5O3. The first-order valence-electron chi connectivity index (χ1n) is 14.4. The van der Waals surface area contributed by atoms with Gasteiger partial charge in [0.05, 0.1) is 0 Å². The Bertz CT molecular complexity index is 1180. The number of nitrogens with one attached hydrogen (secondary N) is 1. The van der Waals surface area contributed by atoms with E-state index in [2.05, 4.69) is 20.1 Å². The van der Waals surface area contributed by atoms with Crippen LogP contribution >= 0.6 is 11.6 Å². The fraction of sp³-hybridized carbons (Fsp3) is 0.567. The molecule has 4 rings (SSSR count). The third-order valence-corrected chi connectivity index (χ3v) is 8.29. The largest absolute Gasteiger partial charge is 0.490 e. The van der Waals surface area contributed by atoms with Gasteiger partial charge in [-0.2, -0.15) is 13.2 Å². The lowest BCUT2D eigenvalue weighted by molar-refractivity contribution is -0.217. The SMILES string of the molecule is CNC(=O)C(OC(=O)C(F)(F)F)N1C[C@H](Cc2ccc(Cl)cc2)N(C2CCN(c3ccccn3)CC2)C[C@@H]1CC(C)C. The molecule has 3 atom stereocenters. The Kier molecular flexibility index (Phi) is 10.7. The summed E-state index contributed by atoms with van der Waals surface area (Å²) >= 11 is 6.12. The Balaban J connectivity index is 1.63. The van der Waals surface area contributed by atoms with Gasteiger partial charge in [-0.3, -0.25) is 14.6 Å². The van der Waals surface area contributed by atoms with Gasteiger partial charge >= 0.3 is 12.1 Å². The van der Waals surface area contributed by atoms with Crippen molar-refractivity contribution in [1.82, 2.24) is 20.1 Å². The molecule has 3 heterocycles. The van der Waals surface area contributed by atoms with Crippen molar-refractivity contribution < 1.29 is 27.5 Å². The molecule has 1 unspecified atom stereocenters. The minimum Gasteiger partial charge on any atom is -0.430 e. The average molecular weight is 610 g/mol. The maximum atomic E-state index is 13.3. The van der Waals surface area contributed by atoms with E-state index < -0.39 is 24.3 Å². The summed E-state index contributed by atoms with van der Waals surface area (Å²) in [5.41, 5.74) is 1.02. The predicted octanol–water partition coefficient (Wildman–Crippen LogP) is 4.53. The number of aromatic nitrogens is 1. The van der Waals surface area contributed by atoms with Crippen molar-refractivity contribution in [3.8, 4) is 0 Å². The number of anilines is 1. The number of piperazine rings is 1. The Labute approximate surface area is 250 Å². The normalized spacial score (nSPS) is 21.8. The summed E-state index contributed by atoms with van der Waals surface area (Å²) in [5, 5.41) is 3.00. The molecule has 0 radical (unpaired) electrons. The van der Waals surface area contributed by atoms with Crippen LogP contribution in [0, 0.1) is 5.92 Å². The van der Waals surface area contributed by atoms with Crippen LogP contribution in [0.1, 0.15) is 38.7 Å². The molecule has 8 nitrogen and oxygen atoms in total. The number of halogens is 4. The molecule has 1 aromatic carbocycles. The number of nitrogens with zero attached hydrogens (tertiary/aromatic N) is 4. The molecule has 0 saturated carbocycles. The second-order valence-corrected chi connectivity index (χ2v) is 11.9. The third-order valence-electron chi connectivity index (χ3n) is 8.04. The molecule has 2 aliphatic heterocycles. The van der Waals surface area contributed by atoms with Gasteiger partial charge in [0.2, 0.25) is 6.23 Å². The Morgan fingerprint density at radius 2 is 1.76 bits per heavy atom. The van der Waals surface area contributed by atoms with E-state index in [1.807, 2.05) is 56.3 Å². The number of hydrogen-bond donors (Lipinski definition) is 1. The molecule has 2 aromatic rings. The molecule has 12 heteroatoms. The maximum absolute atomic E-state index is 13.3. The number of likely N-dealkylation sites (N-methyl/N-ethyl adjacent to an activating group) is 1. The molecule has 1 aromatic heterocycles.